The lowest BCUT2D eigenvalue weighted by molar-refractivity contribution is -0.136. The predicted molar refractivity (Wildman–Crippen MR) is 100 cm³/mol. The minimum atomic E-state index is 0.237. The van der Waals surface area contributed by atoms with Crippen molar-refractivity contribution in [1.82, 2.24) is 9.88 Å². The maximum atomic E-state index is 12.4. The lowest BCUT2D eigenvalue weighted by Crippen LogP contribution is -2.42. The van der Waals surface area contributed by atoms with Crippen LogP contribution in [0.15, 0.2) is 0 Å². The first-order valence-electron chi connectivity index (χ1n) is 9.18. The Morgan fingerprint density at radius 1 is 1.27 bits per heavy atom. The molecule has 0 saturated carbocycles. The highest BCUT2D eigenvalue weighted by Gasteiger charge is 2.27. The van der Waals surface area contributed by atoms with Gasteiger partial charge in [0.15, 0.2) is 0 Å². The summed E-state index contributed by atoms with van der Waals surface area (Å²) in [6.45, 7) is 8.05. The van der Waals surface area contributed by atoms with Gasteiger partial charge in [0.1, 0.15) is 11.9 Å². The van der Waals surface area contributed by atoms with Crippen molar-refractivity contribution in [3.63, 3.8) is 0 Å². The standard InChI is InChI=1S/C19H25ClN4O2/c1-13-16(12-21)19(22-14(2)18(13)20)24-5-3-15(4-6-24)11-17(25)23-7-9-26-10-8-23/h15H,3-11H2,1-2H3. The smallest absolute Gasteiger partial charge is 0.223 e. The first-order chi connectivity index (χ1) is 12.5. The normalized spacial score (nSPS) is 18.7. The molecule has 6 nitrogen and oxygen atoms in total. The monoisotopic (exact) mass is 376 g/mol. The molecule has 26 heavy (non-hydrogen) atoms. The number of ether oxygens (including phenoxy) is 1. The number of carbonyl (C=O) groups excluding carboxylic acids is 1. The van der Waals surface area contributed by atoms with Gasteiger partial charge in [0.05, 0.1) is 29.5 Å². The van der Waals surface area contributed by atoms with Gasteiger partial charge >= 0.3 is 0 Å². The van der Waals surface area contributed by atoms with Gasteiger partial charge in [-0.15, -0.1) is 0 Å². The highest BCUT2D eigenvalue weighted by atomic mass is 35.5. The summed E-state index contributed by atoms with van der Waals surface area (Å²) in [6.07, 6.45) is 2.47. The molecule has 0 aliphatic carbocycles. The third-order valence-electron chi connectivity index (χ3n) is 5.37. The maximum Gasteiger partial charge on any atom is 0.223 e. The number of rotatable bonds is 3. The Morgan fingerprint density at radius 2 is 1.92 bits per heavy atom. The molecule has 1 amide bonds. The van der Waals surface area contributed by atoms with E-state index in [1.165, 1.54) is 0 Å². The minimum Gasteiger partial charge on any atom is -0.378 e. The van der Waals surface area contributed by atoms with Crippen LogP contribution in [0.25, 0.3) is 0 Å². The molecule has 0 bridgehead atoms. The van der Waals surface area contributed by atoms with Crippen LogP contribution < -0.4 is 4.90 Å². The number of aromatic nitrogens is 1. The summed E-state index contributed by atoms with van der Waals surface area (Å²) < 4.78 is 5.31. The van der Waals surface area contributed by atoms with E-state index in [9.17, 15) is 10.1 Å². The molecule has 0 spiro atoms. The zero-order chi connectivity index (χ0) is 18.7. The molecule has 0 atom stereocenters. The number of pyridine rings is 1. The van der Waals surface area contributed by atoms with E-state index >= 15 is 0 Å². The van der Waals surface area contributed by atoms with Gasteiger partial charge in [-0.05, 0) is 38.2 Å². The fourth-order valence-corrected chi connectivity index (χ4v) is 3.85. The van der Waals surface area contributed by atoms with E-state index in [0.29, 0.717) is 49.2 Å². The van der Waals surface area contributed by atoms with Gasteiger partial charge in [0.2, 0.25) is 5.91 Å². The molecule has 2 saturated heterocycles. The highest BCUT2D eigenvalue weighted by molar-refractivity contribution is 6.32. The maximum absolute atomic E-state index is 12.4. The molecule has 7 heteroatoms. The number of nitriles is 1. The molecule has 1 aromatic rings. The van der Waals surface area contributed by atoms with Crippen molar-refractivity contribution in [2.75, 3.05) is 44.3 Å². The van der Waals surface area contributed by atoms with E-state index < -0.39 is 0 Å². The number of carbonyl (C=O) groups is 1. The van der Waals surface area contributed by atoms with E-state index in [1.807, 2.05) is 18.7 Å². The Hall–Kier alpha value is -1.84. The Balaban J connectivity index is 1.62. The quantitative estimate of drug-likeness (QED) is 0.811. The van der Waals surface area contributed by atoms with Crippen molar-refractivity contribution in [3.05, 3.63) is 21.8 Å². The number of aryl methyl sites for hydroxylation is 1. The molecular formula is C19H25ClN4O2. The summed E-state index contributed by atoms with van der Waals surface area (Å²) >= 11 is 6.24. The molecule has 2 aliphatic rings. The topological polar surface area (TPSA) is 69.5 Å². The highest BCUT2D eigenvalue weighted by Crippen LogP contribution is 2.32. The molecular weight excluding hydrogens is 352 g/mol. The van der Waals surface area contributed by atoms with Crippen LogP contribution in [0.3, 0.4) is 0 Å². The van der Waals surface area contributed by atoms with Crippen molar-refractivity contribution in [2.45, 2.75) is 33.1 Å². The predicted octanol–water partition coefficient (Wildman–Crippen LogP) is 2.69. The molecule has 0 aromatic carbocycles. The van der Waals surface area contributed by atoms with E-state index in [2.05, 4.69) is 16.0 Å². The molecule has 2 fully saturated rings. The number of halogens is 1. The average molecular weight is 377 g/mol. The minimum absolute atomic E-state index is 0.237. The SMILES string of the molecule is Cc1nc(N2CCC(CC(=O)N3CCOCC3)CC2)c(C#N)c(C)c1Cl. The molecule has 3 rings (SSSR count). The lowest BCUT2D eigenvalue weighted by Gasteiger charge is -2.35. The molecule has 140 valence electrons. The second kappa shape index (κ2) is 8.24. The van der Waals surface area contributed by atoms with Gasteiger partial charge in [-0.3, -0.25) is 4.79 Å². The van der Waals surface area contributed by atoms with Gasteiger partial charge in [-0.1, -0.05) is 11.6 Å². The van der Waals surface area contributed by atoms with E-state index in [0.717, 1.165) is 43.0 Å². The van der Waals surface area contributed by atoms with E-state index in [4.69, 9.17) is 16.3 Å². The van der Waals surface area contributed by atoms with Crippen molar-refractivity contribution in [2.24, 2.45) is 5.92 Å². The van der Waals surface area contributed by atoms with Gasteiger partial charge in [0.25, 0.3) is 0 Å². The zero-order valence-electron chi connectivity index (χ0n) is 15.4. The van der Waals surface area contributed by atoms with Gasteiger partial charge in [-0.2, -0.15) is 5.26 Å². The Labute approximate surface area is 159 Å². The second-order valence-corrected chi connectivity index (χ2v) is 7.45. The number of nitrogens with zero attached hydrogens (tertiary/aromatic N) is 4. The summed E-state index contributed by atoms with van der Waals surface area (Å²) in [6, 6.07) is 2.25. The van der Waals surface area contributed by atoms with Gasteiger partial charge in [-0.25, -0.2) is 4.98 Å². The van der Waals surface area contributed by atoms with Crippen molar-refractivity contribution in [1.29, 1.82) is 5.26 Å². The molecule has 3 heterocycles. The second-order valence-electron chi connectivity index (χ2n) is 7.07. The van der Waals surface area contributed by atoms with Crippen molar-refractivity contribution in [3.8, 4) is 6.07 Å². The summed E-state index contributed by atoms with van der Waals surface area (Å²) in [5.41, 5.74) is 2.10. The van der Waals surface area contributed by atoms with Crippen molar-refractivity contribution < 1.29 is 9.53 Å². The fraction of sp³-hybridized carbons (Fsp3) is 0.632. The largest absolute Gasteiger partial charge is 0.378 e. The zero-order valence-corrected chi connectivity index (χ0v) is 16.2. The number of hydrogen-bond donors (Lipinski definition) is 0. The third kappa shape index (κ3) is 3.94. The third-order valence-corrected chi connectivity index (χ3v) is 5.93. The summed E-state index contributed by atoms with van der Waals surface area (Å²) in [7, 11) is 0. The van der Waals surface area contributed by atoms with Crippen LogP contribution in [0.2, 0.25) is 5.02 Å². The molecule has 0 unspecified atom stereocenters. The number of morpholine rings is 1. The lowest BCUT2D eigenvalue weighted by atomic mass is 9.92. The Morgan fingerprint density at radius 3 is 2.54 bits per heavy atom. The van der Waals surface area contributed by atoms with E-state index in [-0.39, 0.29) is 5.91 Å². The Bertz CT molecular complexity index is 717. The number of piperidine rings is 1. The van der Waals surface area contributed by atoms with Crippen LogP contribution in [-0.4, -0.2) is 55.2 Å². The Kier molecular flexibility index (Phi) is 6.00. The summed E-state index contributed by atoms with van der Waals surface area (Å²) in [4.78, 5) is 21.1. The number of amides is 1. The van der Waals surface area contributed by atoms with Crippen LogP contribution >= 0.6 is 11.6 Å². The van der Waals surface area contributed by atoms with Gasteiger partial charge < -0.3 is 14.5 Å². The van der Waals surface area contributed by atoms with Gasteiger partial charge in [0, 0.05) is 32.6 Å². The number of hydrogen-bond acceptors (Lipinski definition) is 5. The molecule has 0 N–H and O–H groups in total. The van der Waals surface area contributed by atoms with Crippen LogP contribution in [0.1, 0.15) is 36.1 Å². The summed E-state index contributed by atoms with van der Waals surface area (Å²) in [5, 5.41) is 10.1. The van der Waals surface area contributed by atoms with Crippen LogP contribution in [0, 0.1) is 31.1 Å². The summed E-state index contributed by atoms with van der Waals surface area (Å²) in [5.74, 6) is 1.35. The molecule has 2 aliphatic heterocycles. The van der Waals surface area contributed by atoms with Crippen LogP contribution in [-0.2, 0) is 9.53 Å². The number of anilines is 1. The van der Waals surface area contributed by atoms with Crippen LogP contribution in [0.4, 0.5) is 5.82 Å². The molecule has 0 radical (unpaired) electrons. The van der Waals surface area contributed by atoms with E-state index in [1.54, 1.807) is 0 Å². The van der Waals surface area contributed by atoms with Crippen LogP contribution in [0.5, 0.6) is 0 Å². The first-order valence-corrected chi connectivity index (χ1v) is 9.56. The van der Waals surface area contributed by atoms with Crippen molar-refractivity contribution >= 4 is 23.3 Å². The fourth-order valence-electron chi connectivity index (χ4n) is 3.71. The molecule has 1 aromatic heterocycles. The first kappa shape index (κ1) is 18.9. The average Bonchev–Trinajstić information content (AvgIpc) is 2.67.